The number of benzene rings is 2. The number of rotatable bonds is 6. The fourth-order valence-corrected chi connectivity index (χ4v) is 2.98. The summed E-state index contributed by atoms with van der Waals surface area (Å²) in [6.45, 7) is 0.876. The van der Waals surface area contributed by atoms with Gasteiger partial charge in [0.1, 0.15) is 0 Å². The molecule has 3 N–H and O–H groups in total. The average molecular weight is 337 g/mol. The highest BCUT2D eigenvalue weighted by molar-refractivity contribution is 5.86. The molecule has 1 aromatic heterocycles. The van der Waals surface area contributed by atoms with Crippen molar-refractivity contribution in [3.63, 3.8) is 0 Å². The van der Waals surface area contributed by atoms with Crippen LogP contribution in [0, 0.1) is 0 Å². The molecule has 3 aromatic rings. The third kappa shape index (κ3) is 4.19. The normalized spacial score (nSPS) is 12.1. The molecule has 3 rings (SSSR count). The van der Waals surface area contributed by atoms with Gasteiger partial charge in [-0.15, -0.1) is 0 Å². The number of hydrogen-bond donors (Lipinski definition) is 3. The standard InChI is InChI=1S/C20H23N3O2/c1-23-13-5-10-18(23)19(24)11-12-21-20(25)22-14-16-8-4-7-15-6-2-3-9-17(15)16/h2-10,13,19,24H,11-12,14H2,1H3,(H2,21,22,25). The van der Waals surface area contributed by atoms with Gasteiger partial charge in [0.05, 0.1) is 6.10 Å². The zero-order valence-corrected chi connectivity index (χ0v) is 14.3. The van der Waals surface area contributed by atoms with E-state index in [-0.39, 0.29) is 6.03 Å². The van der Waals surface area contributed by atoms with Crippen molar-refractivity contribution in [3.8, 4) is 0 Å². The van der Waals surface area contributed by atoms with Gasteiger partial charge < -0.3 is 20.3 Å². The van der Waals surface area contributed by atoms with Crippen LogP contribution in [0.2, 0.25) is 0 Å². The molecule has 5 heteroatoms. The molecule has 1 atom stereocenters. The van der Waals surface area contributed by atoms with Crippen LogP contribution in [-0.4, -0.2) is 22.2 Å². The van der Waals surface area contributed by atoms with Gasteiger partial charge in [-0.05, 0) is 34.9 Å². The number of amides is 2. The number of aliphatic hydroxyl groups excluding tert-OH is 1. The number of carbonyl (C=O) groups is 1. The Labute approximate surface area is 147 Å². The van der Waals surface area contributed by atoms with Gasteiger partial charge in [-0.1, -0.05) is 42.5 Å². The predicted molar refractivity (Wildman–Crippen MR) is 99.2 cm³/mol. The van der Waals surface area contributed by atoms with E-state index in [2.05, 4.69) is 28.8 Å². The number of fused-ring (bicyclic) bond motifs is 1. The van der Waals surface area contributed by atoms with E-state index < -0.39 is 6.10 Å². The summed E-state index contributed by atoms with van der Waals surface area (Å²) >= 11 is 0. The summed E-state index contributed by atoms with van der Waals surface area (Å²) in [7, 11) is 1.89. The fraction of sp³-hybridized carbons (Fsp3) is 0.250. The average Bonchev–Trinajstić information content (AvgIpc) is 3.06. The molecule has 5 nitrogen and oxygen atoms in total. The van der Waals surface area contributed by atoms with Crippen molar-refractivity contribution < 1.29 is 9.90 Å². The first-order valence-corrected chi connectivity index (χ1v) is 8.43. The molecular weight excluding hydrogens is 314 g/mol. The Morgan fingerprint density at radius 1 is 1.08 bits per heavy atom. The lowest BCUT2D eigenvalue weighted by Gasteiger charge is -2.13. The van der Waals surface area contributed by atoms with Crippen LogP contribution in [0.4, 0.5) is 4.79 Å². The molecule has 0 bridgehead atoms. The van der Waals surface area contributed by atoms with E-state index in [9.17, 15) is 9.90 Å². The molecule has 1 heterocycles. The SMILES string of the molecule is Cn1cccc1C(O)CCNC(=O)NCc1cccc2ccccc12. The van der Waals surface area contributed by atoms with E-state index in [1.807, 2.05) is 54.2 Å². The number of aliphatic hydroxyl groups is 1. The lowest BCUT2D eigenvalue weighted by Crippen LogP contribution is -2.36. The van der Waals surface area contributed by atoms with Gasteiger partial charge in [0.25, 0.3) is 0 Å². The van der Waals surface area contributed by atoms with Crippen LogP contribution in [0.3, 0.4) is 0 Å². The van der Waals surface area contributed by atoms with Crippen LogP contribution in [-0.2, 0) is 13.6 Å². The summed E-state index contributed by atoms with van der Waals surface area (Å²) in [5.41, 5.74) is 1.93. The van der Waals surface area contributed by atoms with E-state index >= 15 is 0 Å². The number of carbonyl (C=O) groups excluding carboxylic acids is 1. The topological polar surface area (TPSA) is 66.3 Å². The van der Waals surface area contributed by atoms with Gasteiger partial charge in [-0.3, -0.25) is 0 Å². The number of nitrogens with one attached hydrogen (secondary N) is 2. The lowest BCUT2D eigenvalue weighted by molar-refractivity contribution is 0.159. The number of urea groups is 1. The molecule has 0 spiro atoms. The number of hydrogen-bond acceptors (Lipinski definition) is 2. The monoisotopic (exact) mass is 337 g/mol. The summed E-state index contributed by atoms with van der Waals surface area (Å²) in [4.78, 5) is 12.0. The second kappa shape index (κ2) is 7.85. The Hall–Kier alpha value is -2.79. The second-order valence-electron chi connectivity index (χ2n) is 6.10. The summed E-state index contributed by atoms with van der Waals surface area (Å²) < 4.78 is 1.88. The van der Waals surface area contributed by atoms with Crippen molar-refractivity contribution in [2.24, 2.45) is 7.05 Å². The van der Waals surface area contributed by atoms with Crippen LogP contribution < -0.4 is 10.6 Å². The molecule has 0 aliphatic rings. The first-order chi connectivity index (χ1) is 12.1. The molecule has 0 radical (unpaired) electrons. The minimum absolute atomic E-state index is 0.230. The minimum atomic E-state index is -0.585. The Balaban J connectivity index is 1.47. The highest BCUT2D eigenvalue weighted by Gasteiger charge is 2.11. The molecule has 0 fully saturated rings. The van der Waals surface area contributed by atoms with Crippen molar-refractivity contribution in [3.05, 3.63) is 72.1 Å². The van der Waals surface area contributed by atoms with Gasteiger partial charge in [0.15, 0.2) is 0 Å². The minimum Gasteiger partial charge on any atom is -0.387 e. The van der Waals surface area contributed by atoms with E-state index in [0.717, 1.165) is 22.0 Å². The van der Waals surface area contributed by atoms with E-state index in [1.165, 1.54) is 0 Å². The number of nitrogens with zero attached hydrogens (tertiary/aromatic N) is 1. The van der Waals surface area contributed by atoms with Crippen molar-refractivity contribution in [2.75, 3.05) is 6.54 Å². The smallest absolute Gasteiger partial charge is 0.315 e. The van der Waals surface area contributed by atoms with Crippen LogP contribution in [0.15, 0.2) is 60.8 Å². The van der Waals surface area contributed by atoms with Crippen LogP contribution in [0.5, 0.6) is 0 Å². The van der Waals surface area contributed by atoms with Gasteiger partial charge in [-0.2, -0.15) is 0 Å². The fourth-order valence-electron chi connectivity index (χ4n) is 2.98. The van der Waals surface area contributed by atoms with E-state index in [0.29, 0.717) is 19.5 Å². The quantitative estimate of drug-likeness (QED) is 0.647. The maximum absolute atomic E-state index is 12.0. The zero-order valence-electron chi connectivity index (χ0n) is 14.3. The number of aromatic nitrogens is 1. The van der Waals surface area contributed by atoms with Gasteiger partial charge >= 0.3 is 6.03 Å². The summed E-state index contributed by atoms with van der Waals surface area (Å²) in [6, 6.07) is 17.7. The Bertz CT molecular complexity index is 852. The van der Waals surface area contributed by atoms with Crippen molar-refractivity contribution in [1.29, 1.82) is 0 Å². The maximum Gasteiger partial charge on any atom is 0.315 e. The summed E-state index contributed by atoms with van der Waals surface area (Å²) in [6.07, 6.45) is 1.78. The van der Waals surface area contributed by atoms with Crippen molar-refractivity contribution in [2.45, 2.75) is 19.1 Å². The lowest BCUT2D eigenvalue weighted by atomic mass is 10.0. The summed E-state index contributed by atoms with van der Waals surface area (Å²) in [5.74, 6) is 0. The molecular formula is C20H23N3O2. The van der Waals surface area contributed by atoms with Gasteiger partial charge in [0.2, 0.25) is 0 Å². The third-order valence-electron chi connectivity index (χ3n) is 4.35. The summed E-state index contributed by atoms with van der Waals surface area (Å²) in [5, 5.41) is 18.1. The van der Waals surface area contributed by atoms with Gasteiger partial charge in [0, 0.05) is 32.0 Å². The molecule has 2 aromatic carbocycles. The molecule has 2 amide bonds. The van der Waals surface area contributed by atoms with Crippen molar-refractivity contribution >= 4 is 16.8 Å². The third-order valence-corrected chi connectivity index (χ3v) is 4.35. The van der Waals surface area contributed by atoms with Crippen LogP contribution >= 0.6 is 0 Å². The van der Waals surface area contributed by atoms with Crippen LogP contribution in [0.25, 0.3) is 10.8 Å². The van der Waals surface area contributed by atoms with Crippen LogP contribution in [0.1, 0.15) is 23.8 Å². The molecule has 0 aliphatic carbocycles. The molecule has 1 unspecified atom stereocenters. The molecule has 0 aliphatic heterocycles. The highest BCUT2D eigenvalue weighted by atomic mass is 16.3. The predicted octanol–water partition coefficient (Wildman–Crippen LogP) is 3.10. The second-order valence-corrected chi connectivity index (χ2v) is 6.10. The zero-order chi connectivity index (χ0) is 17.6. The molecule has 0 saturated carbocycles. The van der Waals surface area contributed by atoms with Gasteiger partial charge in [-0.25, -0.2) is 4.79 Å². The maximum atomic E-state index is 12.0. The Kier molecular flexibility index (Phi) is 5.36. The molecule has 130 valence electrons. The first-order valence-electron chi connectivity index (χ1n) is 8.43. The molecule has 0 saturated heterocycles. The largest absolute Gasteiger partial charge is 0.387 e. The molecule has 25 heavy (non-hydrogen) atoms. The first kappa shape index (κ1) is 17.0. The van der Waals surface area contributed by atoms with E-state index in [4.69, 9.17) is 0 Å². The Morgan fingerprint density at radius 2 is 1.88 bits per heavy atom. The number of aryl methyl sites for hydroxylation is 1. The van der Waals surface area contributed by atoms with Crippen molar-refractivity contribution in [1.82, 2.24) is 15.2 Å². The highest BCUT2D eigenvalue weighted by Crippen LogP contribution is 2.18. The Morgan fingerprint density at radius 3 is 2.68 bits per heavy atom. The van der Waals surface area contributed by atoms with E-state index in [1.54, 1.807) is 0 Å².